The third-order valence-corrected chi connectivity index (χ3v) is 9.29. The minimum Gasteiger partial charge on any atom is -0.392 e. The van der Waals surface area contributed by atoms with E-state index in [0.29, 0.717) is 25.7 Å². The number of ketones is 2. The number of aryl methyl sites for hydroxylation is 1. The molecule has 2 saturated heterocycles. The normalized spacial score (nSPS) is 32.8. The Kier molecular flexibility index (Phi) is 9.88. The Bertz CT molecular complexity index is 1130. The third kappa shape index (κ3) is 7.21. The molecule has 2 aliphatic rings. The van der Waals surface area contributed by atoms with Crippen LogP contribution in [0.2, 0.25) is 0 Å². The summed E-state index contributed by atoms with van der Waals surface area (Å²) in [6.45, 7) is 11.8. The molecule has 0 bridgehead atoms. The second kappa shape index (κ2) is 12.4. The number of Topliss-reactive ketones (excluding diaryl/α,β-unsaturated/α-hetero) is 2. The standard InChI is InChI=1S/C29H43N3O6S/c1-15-9-8-10-22-23(32(22)28(38)18(4)33)12-21(16(2)11-20-14-39-19(5)30-20)31-25(35)13-24(34)29(6,7)27(37)17(3)26(15)36/h11,14-15,17,21-24,26,34,36H,8-10,12-13H2,1-7H3,(H,31,35)/b16-11+/t15-,17+,21-,22+,23-,24-,26-,32?/m0/s1. The number of aromatic nitrogens is 1. The van der Waals surface area contributed by atoms with Crippen molar-refractivity contribution in [2.45, 2.75) is 111 Å². The highest BCUT2D eigenvalue weighted by Crippen LogP contribution is 2.39. The Morgan fingerprint density at radius 3 is 2.41 bits per heavy atom. The average Bonchev–Trinajstić information content (AvgIpc) is 3.38. The first-order valence-electron chi connectivity index (χ1n) is 13.8. The lowest BCUT2D eigenvalue weighted by molar-refractivity contribution is -0.143. The number of carbonyl (C=O) groups excluding carboxylic acids is 4. The number of nitrogens with zero attached hydrogens (tertiary/aromatic N) is 2. The van der Waals surface area contributed by atoms with Crippen molar-refractivity contribution in [2.24, 2.45) is 17.3 Å². The number of amides is 2. The number of aliphatic hydroxyl groups is 2. The number of hydrogen-bond donors (Lipinski definition) is 3. The van der Waals surface area contributed by atoms with Crippen LogP contribution in [-0.4, -0.2) is 73.8 Å². The molecule has 0 spiro atoms. The Hall–Kier alpha value is -2.43. The van der Waals surface area contributed by atoms with E-state index < -0.39 is 47.2 Å². The molecule has 0 saturated carbocycles. The zero-order chi connectivity index (χ0) is 29.2. The van der Waals surface area contributed by atoms with Crippen molar-refractivity contribution in [2.75, 3.05) is 0 Å². The highest BCUT2D eigenvalue weighted by molar-refractivity contribution is 7.09. The second-order valence-electron chi connectivity index (χ2n) is 11.9. The molecule has 3 rings (SSSR count). The molecule has 0 unspecified atom stereocenters. The van der Waals surface area contributed by atoms with Crippen molar-refractivity contribution in [3.05, 3.63) is 21.7 Å². The smallest absolute Gasteiger partial charge is 0.290 e. The topological polar surface area (TPSA) is 137 Å². The maximum absolute atomic E-state index is 13.3. The van der Waals surface area contributed by atoms with Gasteiger partial charge in [-0.1, -0.05) is 34.1 Å². The van der Waals surface area contributed by atoms with Gasteiger partial charge in [0.25, 0.3) is 5.91 Å². The molecule has 1 aromatic rings. The van der Waals surface area contributed by atoms with Gasteiger partial charge in [0.1, 0.15) is 5.78 Å². The molecule has 7 atom stereocenters. The molecule has 39 heavy (non-hydrogen) atoms. The molecule has 216 valence electrons. The monoisotopic (exact) mass is 561 g/mol. The second-order valence-corrected chi connectivity index (χ2v) is 13.0. The lowest BCUT2D eigenvalue weighted by Gasteiger charge is -2.34. The predicted octanol–water partition coefficient (Wildman–Crippen LogP) is 3.06. The summed E-state index contributed by atoms with van der Waals surface area (Å²) in [5, 5.41) is 27.7. The predicted molar refractivity (Wildman–Crippen MR) is 150 cm³/mol. The molecule has 2 aliphatic heterocycles. The lowest BCUT2D eigenvalue weighted by atomic mass is 9.73. The molecule has 2 amide bonds. The van der Waals surface area contributed by atoms with Crippen molar-refractivity contribution >= 4 is 40.8 Å². The Labute approximate surface area is 235 Å². The summed E-state index contributed by atoms with van der Waals surface area (Å²) in [7, 11) is 0. The highest BCUT2D eigenvalue weighted by Gasteiger charge is 2.52. The zero-order valence-electron chi connectivity index (χ0n) is 24.1. The van der Waals surface area contributed by atoms with Gasteiger partial charge in [-0.15, -0.1) is 11.3 Å². The SMILES string of the molecule is CC(=O)C(=O)N1[C@@H]2CCC[C@H](C)[C@H](O)[C@@H](C)C(=O)C(C)(C)[C@@H](O)CC(=O)N[C@H](/C(C)=C/c3csc(C)n3)C[C@@H]21. The van der Waals surface area contributed by atoms with Gasteiger partial charge in [0, 0.05) is 18.2 Å². The summed E-state index contributed by atoms with van der Waals surface area (Å²) < 4.78 is 0. The Morgan fingerprint density at radius 2 is 1.82 bits per heavy atom. The molecule has 0 aliphatic carbocycles. The first-order valence-corrected chi connectivity index (χ1v) is 14.7. The first-order chi connectivity index (χ1) is 18.1. The number of aliphatic hydroxyl groups excluding tert-OH is 2. The summed E-state index contributed by atoms with van der Waals surface area (Å²) in [6.07, 6.45) is 1.88. The van der Waals surface area contributed by atoms with Crippen LogP contribution >= 0.6 is 11.3 Å². The van der Waals surface area contributed by atoms with Gasteiger partial charge in [-0.05, 0) is 50.7 Å². The fraction of sp³-hybridized carbons (Fsp3) is 0.690. The van der Waals surface area contributed by atoms with Crippen LogP contribution in [0.25, 0.3) is 6.08 Å². The van der Waals surface area contributed by atoms with Gasteiger partial charge in [0.2, 0.25) is 11.7 Å². The molecule has 10 heteroatoms. The van der Waals surface area contributed by atoms with Gasteiger partial charge in [0.15, 0.2) is 0 Å². The summed E-state index contributed by atoms with van der Waals surface area (Å²) in [5.74, 6) is -2.67. The van der Waals surface area contributed by atoms with E-state index in [1.165, 1.54) is 18.3 Å². The van der Waals surface area contributed by atoms with E-state index >= 15 is 0 Å². The average molecular weight is 562 g/mol. The summed E-state index contributed by atoms with van der Waals surface area (Å²) in [5.41, 5.74) is 0.374. The van der Waals surface area contributed by atoms with E-state index in [9.17, 15) is 29.4 Å². The van der Waals surface area contributed by atoms with Crippen molar-refractivity contribution in [3.8, 4) is 0 Å². The van der Waals surface area contributed by atoms with Crippen LogP contribution in [0, 0.1) is 24.2 Å². The van der Waals surface area contributed by atoms with Crippen LogP contribution in [0.15, 0.2) is 11.0 Å². The van der Waals surface area contributed by atoms with E-state index in [2.05, 4.69) is 10.3 Å². The van der Waals surface area contributed by atoms with Crippen molar-refractivity contribution in [1.29, 1.82) is 0 Å². The van der Waals surface area contributed by atoms with E-state index in [-0.39, 0.29) is 30.2 Å². The van der Waals surface area contributed by atoms with Crippen LogP contribution in [0.4, 0.5) is 0 Å². The van der Waals surface area contributed by atoms with Gasteiger partial charge in [-0.25, -0.2) is 4.98 Å². The van der Waals surface area contributed by atoms with Crippen molar-refractivity contribution in [1.82, 2.24) is 15.2 Å². The van der Waals surface area contributed by atoms with Crippen LogP contribution in [0.5, 0.6) is 0 Å². The molecule has 1 aromatic heterocycles. The van der Waals surface area contributed by atoms with E-state index in [1.807, 2.05) is 32.2 Å². The van der Waals surface area contributed by atoms with E-state index in [4.69, 9.17) is 0 Å². The van der Waals surface area contributed by atoms with Gasteiger partial charge in [-0.3, -0.25) is 19.2 Å². The fourth-order valence-corrected chi connectivity index (χ4v) is 6.27. The Morgan fingerprint density at radius 1 is 1.15 bits per heavy atom. The summed E-state index contributed by atoms with van der Waals surface area (Å²) >= 11 is 1.52. The van der Waals surface area contributed by atoms with Crippen LogP contribution in [-0.2, 0) is 19.2 Å². The van der Waals surface area contributed by atoms with Gasteiger partial charge in [-0.2, -0.15) is 0 Å². The highest BCUT2D eigenvalue weighted by atomic mass is 32.1. The van der Waals surface area contributed by atoms with Gasteiger partial charge < -0.3 is 20.4 Å². The van der Waals surface area contributed by atoms with E-state index in [0.717, 1.165) is 16.3 Å². The number of carbonyl (C=O) groups is 4. The minimum atomic E-state index is -1.25. The molecular weight excluding hydrogens is 518 g/mol. The van der Waals surface area contributed by atoms with E-state index in [1.54, 1.807) is 25.7 Å². The number of rotatable bonds is 3. The molecule has 2 fully saturated rings. The number of hydrogen-bond acceptors (Lipinski definition) is 8. The van der Waals surface area contributed by atoms with Crippen LogP contribution < -0.4 is 5.32 Å². The van der Waals surface area contributed by atoms with Gasteiger partial charge in [0.05, 0.1) is 52.9 Å². The largest absolute Gasteiger partial charge is 0.392 e. The number of thiazole rings is 1. The minimum absolute atomic E-state index is 0.143. The van der Waals surface area contributed by atoms with Crippen LogP contribution in [0.3, 0.4) is 0 Å². The molecule has 3 heterocycles. The molecule has 0 radical (unpaired) electrons. The van der Waals surface area contributed by atoms with Gasteiger partial charge >= 0.3 is 0 Å². The fourth-order valence-electron chi connectivity index (χ4n) is 5.70. The molecule has 0 aromatic carbocycles. The van der Waals surface area contributed by atoms with Crippen molar-refractivity contribution < 1.29 is 29.4 Å². The number of fused-ring (bicyclic) bond motifs is 1. The maximum Gasteiger partial charge on any atom is 0.290 e. The van der Waals surface area contributed by atoms with Crippen molar-refractivity contribution in [3.63, 3.8) is 0 Å². The quantitative estimate of drug-likeness (QED) is 0.381. The van der Waals surface area contributed by atoms with Crippen LogP contribution in [0.1, 0.15) is 84.3 Å². The maximum atomic E-state index is 13.3. The first kappa shape index (κ1) is 31.1. The third-order valence-electron chi connectivity index (χ3n) is 8.49. The zero-order valence-corrected chi connectivity index (χ0v) is 24.9. The molecular formula is C29H43N3O6S. The summed E-state index contributed by atoms with van der Waals surface area (Å²) in [6, 6.07) is -0.825. The lowest BCUT2D eigenvalue weighted by Crippen LogP contribution is -2.47. The molecule has 3 N–H and O–H groups in total. The Balaban J connectivity index is 1.94. The summed E-state index contributed by atoms with van der Waals surface area (Å²) in [4.78, 5) is 57.2. The molecule has 9 nitrogen and oxygen atoms in total. The number of nitrogens with one attached hydrogen (secondary N) is 1.